The number of carbonyl (C=O) groups excluding carboxylic acids is 1. The van der Waals surface area contributed by atoms with Crippen molar-refractivity contribution in [2.24, 2.45) is 0 Å². The number of hydrogen-bond acceptors (Lipinski definition) is 4. The first-order valence-corrected chi connectivity index (χ1v) is 5.78. The van der Waals surface area contributed by atoms with Gasteiger partial charge in [0.05, 0.1) is 0 Å². The van der Waals surface area contributed by atoms with E-state index in [1.54, 1.807) is 18.3 Å². The third-order valence-electron chi connectivity index (χ3n) is 1.98. The molecule has 0 aliphatic carbocycles. The summed E-state index contributed by atoms with van der Waals surface area (Å²) in [5.41, 5.74) is 0.438. The van der Waals surface area contributed by atoms with Gasteiger partial charge in [-0.15, -0.1) is 0 Å². The fraction of sp³-hybridized carbons (Fsp3) is 0. The van der Waals surface area contributed by atoms with E-state index in [4.69, 9.17) is 5.11 Å². The highest BCUT2D eigenvalue weighted by atomic mass is 32.1. The van der Waals surface area contributed by atoms with Crippen LogP contribution in [0.25, 0.3) is 6.08 Å². The quantitative estimate of drug-likeness (QED) is 0.733. The summed E-state index contributed by atoms with van der Waals surface area (Å²) in [7, 11) is 0. The van der Waals surface area contributed by atoms with Crippen molar-refractivity contribution in [3.8, 4) is 0 Å². The number of aromatic amines is 1. The number of amides is 1. The van der Waals surface area contributed by atoms with Crippen LogP contribution in [0.15, 0.2) is 30.6 Å². The number of aromatic nitrogens is 2. The number of H-pyrrole nitrogens is 1. The molecule has 2 aromatic rings. The van der Waals surface area contributed by atoms with E-state index in [0.717, 1.165) is 6.08 Å². The first-order chi connectivity index (χ1) is 8.65. The zero-order chi connectivity index (χ0) is 13.0. The monoisotopic (exact) mass is 263 g/mol. The Morgan fingerprint density at radius 3 is 3.00 bits per heavy atom. The topological polar surface area (TPSA) is 95.1 Å². The van der Waals surface area contributed by atoms with E-state index in [-0.39, 0.29) is 5.91 Å². The van der Waals surface area contributed by atoms with E-state index in [1.807, 2.05) is 0 Å². The highest BCUT2D eigenvalue weighted by Gasteiger charge is 2.08. The standard InChI is InChI=1S/C11H9N3O3S/c15-9(16)4-3-7-6-13-11(18-7)14-10(17)8-2-1-5-12-8/h1-6,12H,(H,15,16)(H,13,14,17). The van der Waals surface area contributed by atoms with Crippen LogP contribution in [0.2, 0.25) is 0 Å². The first kappa shape index (κ1) is 12.1. The minimum atomic E-state index is -1.03. The number of nitrogens with zero attached hydrogens (tertiary/aromatic N) is 1. The largest absolute Gasteiger partial charge is 0.478 e. The second kappa shape index (κ2) is 5.28. The Balaban J connectivity index is 2.03. The van der Waals surface area contributed by atoms with E-state index in [9.17, 15) is 9.59 Å². The predicted molar refractivity (Wildman–Crippen MR) is 67.5 cm³/mol. The van der Waals surface area contributed by atoms with Crippen molar-refractivity contribution < 1.29 is 14.7 Å². The van der Waals surface area contributed by atoms with Gasteiger partial charge in [-0.25, -0.2) is 9.78 Å². The molecule has 1 amide bonds. The number of hydrogen-bond donors (Lipinski definition) is 3. The minimum Gasteiger partial charge on any atom is -0.478 e. The van der Waals surface area contributed by atoms with Gasteiger partial charge in [0.15, 0.2) is 5.13 Å². The summed E-state index contributed by atoms with van der Waals surface area (Å²) in [6, 6.07) is 3.37. The Labute approximate surface area is 106 Å². The number of carboxylic acids is 1. The summed E-state index contributed by atoms with van der Waals surface area (Å²) < 4.78 is 0. The maximum Gasteiger partial charge on any atom is 0.328 e. The van der Waals surface area contributed by atoms with Gasteiger partial charge in [-0.3, -0.25) is 10.1 Å². The Bertz CT molecular complexity index is 586. The normalized spacial score (nSPS) is 10.7. The number of carboxylic acid groups (broad SMARTS) is 1. The van der Waals surface area contributed by atoms with Gasteiger partial charge in [0.25, 0.3) is 5.91 Å². The zero-order valence-electron chi connectivity index (χ0n) is 9.08. The molecule has 6 nitrogen and oxygen atoms in total. The van der Waals surface area contributed by atoms with Gasteiger partial charge in [-0.05, 0) is 18.2 Å². The van der Waals surface area contributed by atoms with E-state index in [0.29, 0.717) is 15.7 Å². The summed E-state index contributed by atoms with van der Waals surface area (Å²) in [5.74, 6) is -1.32. The maximum absolute atomic E-state index is 11.7. The average Bonchev–Trinajstić information content (AvgIpc) is 2.97. The van der Waals surface area contributed by atoms with Crippen LogP contribution >= 0.6 is 11.3 Å². The molecule has 2 aromatic heterocycles. The van der Waals surface area contributed by atoms with Crippen molar-refractivity contribution in [2.75, 3.05) is 5.32 Å². The lowest BCUT2D eigenvalue weighted by molar-refractivity contribution is -0.131. The molecule has 3 N–H and O–H groups in total. The number of nitrogens with one attached hydrogen (secondary N) is 2. The van der Waals surface area contributed by atoms with E-state index in [1.165, 1.54) is 23.6 Å². The minimum absolute atomic E-state index is 0.289. The SMILES string of the molecule is O=C(O)C=Cc1cnc(NC(=O)c2ccc[nH]2)s1. The summed E-state index contributed by atoms with van der Waals surface area (Å²) in [5, 5.41) is 11.5. The van der Waals surface area contributed by atoms with E-state index >= 15 is 0 Å². The highest BCUT2D eigenvalue weighted by Crippen LogP contribution is 2.19. The van der Waals surface area contributed by atoms with Crippen molar-refractivity contribution in [1.29, 1.82) is 0 Å². The van der Waals surface area contributed by atoms with Gasteiger partial charge in [0.1, 0.15) is 5.69 Å². The second-order valence-electron chi connectivity index (χ2n) is 3.28. The summed E-state index contributed by atoms with van der Waals surface area (Å²) in [4.78, 5) is 29.4. The summed E-state index contributed by atoms with van der Waals surface area (Å²) >= 11 is 1.19. The van der Waals surface area contributed by atoms with Crippen molar-refractivity contribution in [2.45, 2.75) is 0 Å². The molecule has 0 atom stereocenters. The van der Waals surface area contributed by atoms with Crippen LogP contribution in [0.5, 0.6) is 0 Å². The molecule has 0 saturated carbocycles. The number of carbonyl (C=O) groups is 2. The molecule has 92 valence electrons. The molecule has 0 aliphatic heterocycles. The molecule has 7 heteroatoms. The van der Waals surface area contributed by atoms with Gasteiger partial charge in [0, 0.05) is 23.3 Å². The van der Waals surface area contributed by atoms with Crippen LogP contribution in [0, 0.1) is 0 Å². The van der Waals surface area contributed by atoms with Crippen molar-refractivity contribution in [3.05, 3.63) is 41.2 Å². The lowest BCUT2D eigenvalue weighted by Crippen LogP contribution is -2.11. The highest BCUT2D eigenvalue weighted by molar-refractivity contribution is 7.16. The Hall–Kier alpha value is -2.41. The fourth-order valence-corrected chi connectivity index (χ4v) is 1.92. The number of anilines is 1. The van der Waals surface area contributed by atoms with Gasteiger partial charge >= 0.3 is 5.97 Å². The third kappa shape index (κ3) is 3.05. The molecule has 0 spiro atoms. The summed E-state index contributed by atoms with van der Waals surface area (Å²) in [6.45, 7) is 0. The fourth-order valence-electron chi connectivity index (χ4n) is 1.21. The van der Waals surface area contributed by atoms with Crippen LogP contribution in [0.4, 0.5) is 5.13 Å². The smallest absolute Gasteiger partial charge is 0.328 e. The molecule has 2 rings (SSSR count). The van der Waals surface area contributed by atoms with Crippen molar-refractivity contribution in [1.82, 2.24) is 9.97 Å². The van der Waals surface area contributed by atoms with Crippen LogP contribution < -0.4 is 5.32 Å². The van der Waals surface area contributed by atoms with Crippen molar-refractivity contribution >= 4 is 34.4 Å². The molecule has 18 heavy (non-hydrogen) atoms. The molecule has 2 heterocycles. The number of aliphatic carboxylic acids is 1. The van der Waals surface area contributed by atoms with Gasteiger partial charge in [-0.1, -0.05) is 11.3 Å². The lowest BCUT2D eigenvalue weighted by atomic mass is 10.4. The van der Waals surface area contributed by atoms with Gasteiger partial charge < -0.3 is 10.1 Å². The molecule has 0 aromatic carbocycles. The Kier molecular flexibility index (Phi) is 3.54. The molecular formula is C11H9N3O3S. The third-order valence-corrected chi connectivity index (χ3v) is 2.85. The number of thiazole rings is 1. The molecule has 0 bridgehead atoms. The number of rotatable bonds is 4. The van der Waals surface area contributed by atoms with Crippen LogP contribution in [0.1, 0.15) is 15.4 Å². The van der Waals surface area contributed by atoms with E-state index in [2.05, 4.69) is 15.3 Å². The maximum atomic E-state index is 11.7. The lowest BCUT2D eigenvalue weighted by Gasteiger charge is -1.97. The van der Waals surface area contributed by atoms with Crippen LogP contribution in [-0.2, 0) is 4.79 Å². The molecule has 0 radical (unpaired) electrons. The Morgan fingerprint density at radius 2 is 2.33 bits per heavy atom. The molecule has 0 saturated heterocycles. The Morgan fingerprint density at radius 1 is 1.50 bits per heavy atom. The molecular weight excluding hydrogens is 254 g/mol. The van der Waals surface area contributed by atoms with Gasteiger partial charge in [0.2, 0.25) is 0 Å². The predicted octanol–water partition coefficient (Wildman–Crippen LogP) is 1.82. The zero-order valence-corrected chi connectivity index (χ0v) is 9.90. The van der Waals surface area contributed by atoms with Crippen LogP contribution in [-0.4, -0.2) is 27.0 Å². The molecule has 0 aliphatic rings. The van der Waals surface area contributed by atoms with Crippen molar-refractivity contribution in [3.63, 3.8) is 0 Å². The second-order valence-corrected chi connectivity index (χ2v) is 4.34. The molecule has 0 unspecified atom stereocenters. The van der Waals surface area contributed by atoms with E-state index < -0.39 is 5.97 Å². The molecule has 0 fully saturated rings. The average molecular weight is 263 g/mol. The first-order valence-electron chi connectivity index (χ1n) is 4.97. The van der Waals surface area contributed by atoms with Gasteiger partial charge in [-0.2, -0.15) is 0 Å². The summed E-state index contributed by atoms with van der Waals surface area (Å²) in [6.07, 6.45) is 5.58. The van der Waals surface area contributed by atoms with Crippen LogP contribution in [0.3, 0.4) is 0 Å².